The molecule has 8 heteroatoms. The molecule has 0 aliphatic heterocycles. The van der Waals surface area contributed by atoms with Gasteiger partial charge in [-0.2, -0.15) is 13.2 Å². The minimum Gasteiger partial charge on any atom is -0.457 e. The van der Waals surface area contributed by atoms with Crippen LogP contribution in [0.25, 0.3) is 0 Å². The van der Waals surface area contributed by atoms with E-state index in [1.165, 1.54) is 0 Å². The second-order valence-corrected chi connectivity index (χ2v) is 5.42. The summed E-state index contributed by atoms with van der Waals surface area (Å²) in [5, 5.41) is 0. The first-order chi connectivity index (χ1) is 10.7. The molecule has 0 aromatic carbocycles. The number of ether oxygens (including phenoxy) is 3. The van der Waals surface area contributed by atoms with Crippen molar-refractivity contribution >= 4 is 11.9 Å². The van der Waals surface area contributed by atoms with Crippen LogP contribution in [-0.4, -0.2) is 43.5 Å². The largest absolute Gasteiger partial charge is 0.490 e. The van der Waals surface area contributed by atoms with E-state index >= 15 is 0 Å². The quantitative estimate of drug-likeness (QED) is 0.387. The van der Waals surface area contributed by atoms with Gasteiger partial charge in [0.2, 0.25) is 0 Å². The van der Waals surface area contributed by atoms with Crippen LogP contribution in [0.2, 0.25) is 0 Å². The molecule has 1 aliphatic rings. The van der Waals surface area contributed by atoms with E-state index in [9.17, 15) is 22.8 Å². The minimum absolute atomic E-state index is 0.0758. The van der Waals surface area contributed by atoms with Gasteiger partial charge in [0.15, 0.2) is 0 Å². The molecule has 0 radical (unpaired) electrons. The molecule has 1 aliphatic carbocycles. The first kappa shape index (κ1) is 19.5. The van der Waals surface area contributed by atoms with Gasteiger partial charge >= 0.3 is 18.1 Å². The molecular formula is C15H21F3O5. The van der Waals surface area contributed by atoms with Gasteiger partial charge in [-0.25, -0.2) is 9.59 Å². The van der Waals surface area contributed by atoms with Gasteiger partial charge in [0, 0.05) is 0 Å². The summed E-state index contributed by atoms with van der Waals surface area (Å²) in [5.41, 5.74) is -0.366. The van der Waals surface area contributed by atoms with Crippen LogP contribution in [0.4, 0.5) is 13.2 Å². The zero-order valence-corrected chi connectivity index (χ0v) is 13.0. The molecule has 0 N–H and O–H groups in total. The summed E-state index contributed by atoms with van der Waals surface area (Å²) >= 11 is 0. The molecule has 0 aromatic rings. The Morgan fingerprint density at radius 2 is 1.78 bits per heavy atom. The second-order valence-electron chi connectivity index (χ2n) is 5.42. The molecular weight excluding hydrogens is 317 g/mol. The zero-order valence-electron chi connectivity index (χ0n) is 13.0. The lowest BCUT2D eigenvalue weighted by Crippen LogP contribution is -2.32. The Labute approximate surface area is 132 Å². The number of hydrogen-bond donors (Lipinski definition) is 0. The Morgan fingerprint density at radius 3 is 2.30 bits per heavy atom. The van der Waals surface area contributed by atoms with Gasteiger partial charge in [-0.15, -0.1) is 0 Å². The molecule has 0 unspecified atom stereocenters. The third kappa shape index (κ3) is 6.21. The van der Waals surface area contributed by atoms with E-state index in [1.54, 1.807) is 0 Å². The second kappa shape index (κ2) is 8.33. The lowest BCUT2D eigenvalue weighted by molar-refractivity contribution is -0.200. The highest BCUT2D eigenvalue weighted by molar-refractivity contribution is 5.88. The van der Waals surface area contributed by atoms with Gasteiger partial charge in [0.25, 0.3) is 0 Å². The van der Waals surface area contributed by atoms with Crippen molar-refractivity contribution in [1.29, 1.82) is 0 Å². The minimum atomic E-state index is -5.02. The van der Waals surface area contributed by atoms with Crippen molar-refractivity contribution in [2.45, 2.75) is 50.8 Å². The average Bonchev–Trinajstić information content (AvgIpc) is 2.94. The maximum absolute atomic E-state index is 11.9. The zero-order chi connectivity index (χ0) is 17.5. The number of carbonyl (C=O) groups is 2. The van der Waals surface area contributed by atoms with Gasteiger partial charge in [-0.1, -0.05) is 13.5 Å². The molecule has 0 saturated heterocycles. The van der Waals surface area contributed by atoms with Crippen LogP contribution < -0.4 is 0 Å². The molecule has 0 heterocycles. The third-order valence-electron chi connectivity index (χ3n) is 3.73. The molecule has 5 nitrogen and oxygen atoms in total. The van der Waals surface area contributed by atoms with Crippen molar-refractivity contribution in [2.24, 2.45) is 0 Å². The molecule has 0 aromatic heterocycles. The first-order valence-electron chi connectivity index (χ1n) is 7.43. The molecule has 0 bridgehead atoms. The summed E-state index contributed by atoms with van der Waals surface area (Å²) in [6, 6.07) is 0. The summed E-state index contributed by atoms with van der Waals surface area (Å²) in [5.74, 6) is -2.84. The van der Waals surface area contributed by atoms with Crippen molar-refractivity contribution in [1.82, 2.24) is 0 Å². The standard InChI is InChI=1S/C15H21F3O5/c1-3-14(6-4-5-7-14)23-12(19)11(2)10-21-8-9-22-13(20)15(16,17)18/h2-10H2,1H3. The van der Waals surface area contributed by atoms with Gasteiger partial charge in [-0.3, -0.25) is 0 Å². The first-order valence-corrected chi connectivity index (χ1v) is 7.43. The van der Waals surface area contributed by atoms with Crippen molar-refractivity contribution in [3.05, 3.63) is 12.2 Å². The van der Waals surface area contributed by atoms with E-state index in [2.05, 4.69) is 11.3 Å². The Morgan fingerprint density at radius 1 is 1.17 bits per heavy atom. The molecule has 0 amide bonds. The van der Waals surface area contributed by atoms with Crippen LogP contribution >= 0.6 is 0 Å². The fraction of sp³-hybridized carbons (Fsp3) is 0.733. The fourth-order valence-corrected chi connectivity index (χ4v) is 2.35. The Hall–Kier alpha value is -1.57. The summed E-state index contributed by atoms with van der Waals surface area (Å²) in [6.07, 6.45) is -0.652. The topological polar surface area (TPSA) is 61.8 Å². The van der Waals surface area contributed by atoms with Gasteiger partial charge in [0.1, 0.15) is 12.2 Å². The summed E-state index contributed by atoms with van der Waals surface area (Å²) in [6.45, 7) is 4.48. The lowest BCUT2D eigenvalue weighted by Gasteiger charge is -2.28. The van der Waals surface area contributed by atoms with Gasteiger partial charge < -0.3 is 14.2 Å². The highest BCUT2D eigenvalue weighted by Crippen LogP contribution is 2.36. The predicted molar refractivity (Wildman–Crippen MR) is 74.6 cm³/mol. The monoisotopic (exact) mass is 338 g/mol. The summed E-state index contributed by atoms with van der Waals surface area (Å²) in [7, 11) is 0. The number of rotatable bonds is 8. The van der Waals surface area contributed by atoms with Crippen LogP contribution in [0.15, 0.2) is 12.2 Å². The van der Waals surface area contributed by atoms with Crippen molar-refractivity contribution in [3.8, 4) is 0 Å². The van der Waals surface area contributed by atoms with E-state index in [0.29, 0.717) is 0 Å². The molecule has 0 spiro atoms. The highest BCUT2D eigenvalue weighted by Gasteiger charge is 2.40. The predicted octanol–water partition coefficient (Wildman–Crippen LogP) is 2.93. The van der Waals surface area contributed by atoms with Crippen molar-refractivity contribution in [3.63, 3.8) is 0 Å². The van der Waals surface area contributed by atoms with Crippen LogP contribution in [-0.2, 0) is 23.8 Å². The van der Waals surface area contributed by atoms with Gasteiger partial charge in [0.05, 0.1) is 18.8 Å². The highest BCUT2D eigenvalue weighted by atomic mass is 19.4. The molecule has 132 valence electrons. The molecule has 1 fully saturated rings. The van der Waals surface area contributed by atoms with Crippen LogP contribution in [0.5, 0.6) is 0 Å². The molecule has 1 rings (SSSR count). The van der Waals surface area contributed by atoms with Crippen LogP contribution in [0.1, 0.15) is 39.0 Å². The number of esters is 2. The van der Waals surface area contributed by atoms with E-state index < -0.39 is 30.3 Å². The maximum Gasteiger partial charge on any atom is 0.490 e. The van der Waals surface area contributed by atoms with E-state index in [-0.39, 0.29) is 18.8 Å². The number of halogens is 3. The van der Waals surface area contributed by atoms with Crippen LogP contribution in [0, 0.1) is 0 Å². The summed E-state index contributed by atoms with van der Waals surface area (Å²) in [4.78, 5) is 22.4. The summed E-state index contributed by atoms with van der Waals surface area (Å²) < 4.78 is 50.0. The lowest BCUT2D eigenvalue weighted by atomic mass is 9.99. The van der Waals surface area contributed by atoms with E-state index in [4.69, 9.17) is 9.47 Å². The molecule has 1 saturated carbocycles. The SMILES string of the molecule is C=C(COCCOC(=O)C(F)(F)F)C(=O)OC1(CC)CCCC1. The smallest absolute Gasteiger partial charge is 0.457 e. The number of hydrogen-bond acceptors (Lipinski definition) is 5. The molecule has 23 heavy (non-hydrogen) atoms. The third-order valence-corrected chi connectivity index (χ3v) is 3.73. The van der Waals surface area contributed by atoms with E-state index in [1.807, 2.05) is 6.92 Å². The van der Waals surface area contributed by atoms with Crippen molar-refractivity contribution in [2.75, 3.05) is 19.8 Å². The maximum atomic E-state index is 11.9. The number of alkyl halides is 3. The fourth-order valence-electron chi connectivity index (χ4n) is 2.35. The van der Waals surface area contributed by atoms with Gasteiger partial charge in [-0.05, 0) is 32.1 Å². The Kier molecular flexibility index (Phi) is 7.05. The van der Waals surface area contributed by atoms with E-state index in [0.717, 1.165) is 32.1 Å². The Bertz CT molecular complexity index is 439. The van der Waals surface area contributed by atoms with Crippen LogP contribution in [0.3, 0.4) is 0 Å². The van der Waals surface area contributed by atoms with Crippen molar-refractivity contribution < 1.29 is 37.0 Å². The average molecular weight is 338 g/mol. The molecule has 0 atom stereocenters. The normalized spacial score (nSPS) is 16.9. The Balaban J connectivity index is 2.23. The number of carbonyl (C=O) groups excluding carboxylic acids is 2.